The highest BCUT2D eigenvalue weighted by molar-refractivity contribution is 6.26. The van der Waals surface area contributed by atoms with Gasteiger partial charge in [0.25, 0.3) is 0 Å². The summed E-state index contributed by atoms with van der Waals surface area (Å²) in [6.07, 6.45) is 6.13. The summed E-state index contributed by atoms with van der Waals surface area (Å²) in [5.41, 5.74) is 11.5. The number of benzene rings is 10. The zero-order valence-corrected chi connectivity index (χ0v) is 31.0. The molecule has 0 fully saturated rings. The highest BCUT2D eigenvalue weighted by atomic mass is 16.3. The summed E-state index contributed by atoms with van der Waals surface area (Å²) >= 11 is 0. The number of fused-ring (bicyclic) bond motifs is 12. The number of allylic oxidation sites excluding steroid dienone is 2. The smallest absolute Gasteiger partial charge is 0.143 e. The molecule has 1 heteroatoms. The zero-order valence-electron chi connectivity index (χ0n) is 31.0. The fraction of sp³-hybridized carbons (Fsp3) is 0.0182. The van der Waals surface area contributed by atoms with Crippen molar-refractivity contribution in [2.45, 2.75) is 6.92 Å². The van der Waals surface area contributed by atoms with Gasteiger partial charge in [-0.05, 0) is 124 Å². The van der Waals surface area contributed by atoms with Gasteiger partial charge in [-0.2, -0.15) is 0 Å². The van der Waals surface area contributed by atoms with Gasteiger partial charge in [0.1, 0.15) is 11.2 Å². The van der Waals surface area contributed by atoms with Crippen LogP contribution in [0.3, 0.4) is 0 Å². The molecule has 1 aromatic heterocycles. The van der Waals surface area contributed by atoms with E-state index in [0.29, 0.717) is 0 Å². The predicted molar refractivity (Wildman–Crippen MR) is 242 cm³/mol. The van der Waals surface area contributed by atoms with Crippen molar-refractivity contribution in [2.75, 3.05) is 0 Å². The molecular formula is C55H36O. The standard InChI is InChI=1S/C55H36O/c1-3-4-14-40-34(2)53(37-24-22-35(23-25-37)38-27-29-46-44-18-8-7-16-42(44)43-17-9-10-19-45(43)50(46)32-38)47-20-11-12-21-48(47)54(40)39-28-31-52-51(33-39)49-30-26-36-13-5-6-15-41(36)55(49)56-52/h3-33H,1H2,2H3/b14-4-. The Labute approximate surface area is 325 Å². The Hall–Kier alpha value is -7.22. The first-order valence-electron chi connectivity index (χ1n) is 19.3. The minimum Gasteiger partial charge on any atom is -0.455 e. The topological polar surface area (TPSA) is 13.1 Å². The molecule has 56 heavy (non-hydrogen) atoms. The SMILES string of the molecule is C=C/C=C\c1c(C)c(-c2ccc(-c3ccc4c5ccccc5c5ccccc5c4c3)cc2)c2ccccc2c1-c1ccc2oc3c4ccccc4ccc3c2c1. The van der Waals surface area contributed by atoms with Gasteiger partial charge in [0.05, 0.1) is 0 Å². The monoisotopic (exact) mass is 712 g/mol. The van der Waals surface area contributed by atoms with E-state index in [9.17, 15) is 0 Å². The van der Waals surface area contributed by atoms with Gasteiger partial charge >= 0.3 is 0 Å². The van der Waals surface area contributed by atoms with Gasteiger partial charge in [0, 0.05) is 16.2 Å². The molecule has 1 nitrogen and oxygen atoms in total. The van der Waals surface area contributed by atoms with E-state index in [0.717, 1.165) is 32.9 Å². The van der Waals surface area contributed by atoms with Crippen LogP contribution in [0.5, 0.6) is 0 Å². The lowest BCUT2D eigenvalue weighted by Crippen LogP contribution is -1.96. The van der Waals surface area contributed by atoms with Crippen LogP contribution < -0.4 is 0 Å². The largest absolute Gasteiger partial charge is 0.455 e. The minimum atomic E-state index is 0.897. The summed E-state index contributed by atoms with van der Waals surface area (Å²) < 4.78 is 6.51. The van der Waals surface area contributed by atoms with E-state index in [2.05, 4.69) is 196 Å². The van der Waals surface area contributed by atoms with Crippen molar-refractivity contribution in [3.63, 3.8) is 0 Å². The fourth-order valence-electron chi connectivity index (χ4n) is 9.22. The van der Waals surface area contributed by atoms with Crippen LogP contribution in [-0.4, -0.2) is 0 Å². The van der Waals surface area contributed by atoms with E-state index in [1.54, 1.807) is 0 Å². The van der Waals surface area contributed by atoms with Gasteiger partial charge in [-0.25, -0.2) is 0 Å². The molecule has 11 rings (SSSR count). The highest BCUT2D eigenvalue weighted by Crippen LogP contribution is 2.45. The van der Waals surface area contributed by atoms with Gasteiger partial charge in [-0.3, -0.25) is 0 Å². The first-order chi connectivity index (χ1) is 27.7. The highest BCUT2D eigenvalue weighted by Gasteiger charge is 2.20. The molecule has 0 unspecified atom stereocenters. The molecule has 262 valence electrons. The Kier molecular flexibility index (Phi) is 7.30. The number of rotatable bonds is 5. The van der Waals surface area contributed by atoms with Crippen molar-refractivity contribution in [2.24, 2.45) is 0 Å². The van der Waals surface area contributed by atoms with Gasteiger partial charge in [-0.1, -0.05) is 170 Å². The van der Waals surface area contributed by atoms with Crippen molar-refractivity contribution in [3.8, 4) is 33.4 Å². The molecule has 0 saturated carbocycles. The quantitative estimate of drug-likeness (QED) is 0.128. The van der Waals surface area contributed by atoms with Crippen LogP contribution in [0.25, 0.3) is 115 Å². The van der Waals surface area contributed by atoms with E-state index < -0.39 is 0 Å². The molecule has 11 aromatic rings. The second-order valence-corrected chi connectivity index (χ2v) is 14.8. The van der Waals surface area contributed by atoms with Crippen LogP contribution in [0.1, 0.15) is 11.1 Å². The Morgan fingerprint density at radius 1 is 0.411 bits per heavy atom. The van der Waals surface area contributed by atoms with Crippen LogP contribution in [0.4, 0.5) is 0 Å². The molecule has 0 aliphatic rings. The summed E-state index contributed by atoms with van der Waals surface area (Å²) in [7, 11) is 0. The minimum absolute atomic E-state index is 0.897. The number of furan rings is 1. The van der Waals surface area contributed by atoms with Gasteiger partial charge in [-0.15, -0.1) is 0 Å². The second kappa shape index (κ2) is 12.7. The van der Waals surface area contributed by atoms with Crippen molar-refractivity contribution in [3.05, 3.63) is 200 Å². The molecule has 0 atom stereocenters. The summed E-state index contributed by atoms with van der Waals surface area (Å²) in [5, 5.41) is 14.8. The molecule has 10 aromatic carbocycles. The number of hydrogen-bond acceptors (Lipinski definition) is 1. The molecule has 1 heterocycles. The zero-order chi connectivity index (χ0) is 37.3. The van der Waals surface area contributed by atoms with Crippen LogP contribution in [0.2, 0.25) is 0 Å². The Balaban J connectivity index is 1.07. The van der Waals surface area contributed by atoms with Crippen LogP contribution in [-0.2, 0) is 0 Å². The van der Waals surface area contributed by atoms with Crippen LogP contribution >= 0.6 is 0 Å². The lowest BCUT2D eigenvalue weighted by atomic mass is 9.83. The number of hydrogen-bond donors (Lipinski definition) is 0. The molecule has 0 spiro atoms. The maximum Gasteiger partial charge on any atom is 0.143 e. The Morgan fingerprint density at radius 2 is 0.929 bits per heavy atom. The first kappa shape index (κ1) is 32.2. The molecular weight excluding hydrogens is 677 g/mol. The van der Waals surface area contributed by atoms with Crippen molar-refractivity contribution >= 4 is 81.9 Å². The lowest BCUT2D eigenvalue weighted by molar-refractivity contribution is 0.672. The van der Waals surface area contributed by atoms with Gasteiger partial charge in [0.2, 0.25) is 0 Å². The maximum absolute atomic E-state index is 6.51. The molecule has 0 radical (unpaired) electrons. The molecule has 0 saturated heterocycles. The second-order valence-electron chi connectivity index (χ2n) is 14.8. The van der Waals surface area contributed by atoms with Crippen LogP contribution in [0, 0.1) is 6.92 Å². The van der Waals surface area contributed by atoms with Crippen molar-refractivity contribution in [1.82, 2.24) is 0 Å². The summed E-state index contributed by atoms with van der Waals surface area (Å²) in [6, 6.07) is 62.0. The lowest BCUT2D eigenvalue weighted by Gasteiger charge is -2.20. The van der Waals surface area contributed by atoms with E-state index in [1.807, 2.05) is 6.08 Å². The fourth-order valence-corrected chi connectivity index (χ4v) is 9.22. The maximum atomic E-state index is 6.51. The normalized spacial score (nSPS) is 12.0. The third kappa shape index (κ3) is 4.88. The van der Waals surface area contributed by atoms with Gasteiger partial charge in [0.15, 0.2) is 0 Å². The summed E-state index contributed by atoms with van der Waals surface area (Å²) in [4.78, 5) is 0. The summed E-state index contributed by atoms with van der Waals surface area (Å²) in [5.74, 6) is 0. The van der Waals surface area contributed by atoms with E-state index in [1.165, 1.54) is 87.4 Å². The first-order valence-corrected chi connectivity index (χ1v) is 19.3. The van der Waals surface area contributed by atoms with Crippen LogP contribution in [0.15, 0.2) is 193 Å². The Bertz CT molecular complexity index is 3390. The molecule has 0 bridgehead atoms. The van der Waals surface area contributed by atoms with E-state index in [-0.39, 0.29) is 0 Å². The molecule has 0 aliphatic carbocycles. The Morgan fingerprint density at radius 3 is 1.62 bits per heavy atom. The van der Waals surface area contributed by atoms with Crippen molar-refractivity contribution in [1.29, 1.82) is 0 Å². The predicted octanol–water partition coefficient (Wildman–Crippen LogP) is 15.9. The molecule has 0 N–H and O–H groups in total. The molecule has 0 amide bonds. The van der Waals surface area contributed by atoms with E-state index in [4.69, 9.17) is 4.42 Å². The van der Waals surface area contributed by atoms with E-state index >= 15 is 0 Å². The molecule has 0 aliphatic heterocycles. The summed E-state index contributed by atoms with van der Waals surface area (Å²) in [6.45, 7) is 6.30. The van der Waals surface area contributed by atoms with Crippen molar-refractivity contribution < 1.29 is 4.42 Å². The average Bonchev–Trinajstić information content (AvgIpc) is 3.64. The third-order valence-corrected chi connectivity index (χ3v) is 11.8. The third-order valence-electron chi connectivity index (χ3n) is 11.8. The average molecular weight is 713 g/mol. The van der Waals surface area contributed by atoms with Gasteiger partial charge < -0.3 is 4.42 Å².